The number of benzene rings is 11. The Morgan fingerprint density at radius 3 is 1.55 bits per heavy atom. The fourth-order valence-corrected chi connectivity index (χ4v) is 12.2. The van der Waals surface area contributed by atoms with E-state index >= 15 is 0 Å². The largest absolute Gasteiger partial charge is 0.310 e. The van der Waals surface area contributed by atoms with Crippen molar-refractivity contribution >= 4 is 48.6 Å². The van der Waals surface area contributed by atoms with Gasteiger partial charge < -0.3 is 4.90 Å². The second-order valence-electron chi connectivity index (χ2n) is 18.0. The van der Waals surface area contributed by atoms with Crippen LogP contribution >= 0.6 is 11.3 Å². The van der Waals surface area contributed by atoms with Gasteiger partial charge >= 0.3 is 0 Å². The number of hydrogen-bond acceptors (Lipinski definition) is 2. The molecule has 0 saturated carbocycles. The third-order valence-corrected chi connectivity index (χ3v) is 15.3. The van der Waals surface area contributed by atoms with Crippen molar-refractivity contribution in [1.82, 2.24) is 0 Å². The van der Waals surface area contributed by atoms with E-state index in [0.29, 0.717) is 0 Å². The zero-order valence-electron chi connectivity index (χ0n) is 37.8. The quantitative estimate of drug-likeness (QED) is 0.140. The van der Waals surface area contributed by atoms with E-state index in [2.05, 4.69) is 278 Å². The van der Waals surface area contributed by atoms with E-state index < -0.39 is 5.41 Å². The lowest BCUT2D eigenvalue weighted by Crippen LogP contribution is -2.28. The van der Waals surface area contributed by atoms with Gasteiger partial charge in [-0.25, -0.2) is 0 Å². The number of hydrogen-bond donors (Lipinski definition) is 0. The van der Waals surface area contributed by atoms with E-state index in [4.69, 9.17) is 0 Å². The lowest BCUT2D eigenvalue weighted by atomic mass is 9.67. The highest BCUT2D eigenvalue weighted by Crippen LogP contribution is 2.58. The lowest BCUT2D eigenvalue weighted by molar-refractivity contribution is 0.768. The number of thiophene rings is 1. The van der Waals surface area contributed by atoms with Crippen LogP contribution in [0.2, 0.25) is 0 Å². The first-order valence-corrected chi connectivity index (χ1v) is 24.6. The summed E-state index contributed by atoms with van der Waals surface area (Å²) in [6.07, 6.45) is 0. The highest BCUT2D eigenvalue weighted by molar-refractivity contribution is 7.25. The van der Waals surface area contributed by atoms with Crippen molar-refractivity contribution in [1.29, 1.82) is 0 Å². The third-order valence-electron chi connectivity index (χ3n) is 14.2. The average molecular weight is 896 g/mol. The molecule has 11 aromatic carbocycles. The maximum atomic E-state index is 2.50. The first-order valence-electron chi connectivity index (χ1n) is 23.7. The van der Waals surface area contributed by atoms with Gasteiger partial charge in [-0.3, -0.25) is 0 Å². The summed E-state index contributed by atoms with van der Waals surface area (Å²) in [6, 6.07) is 101. The van der Waals surface area contributed by atoms with E-state index in [-0.39, 0.29) is 0 Å². The zero-order chi connectivity index (χ0) is 45.7. The van der Waals surface area contributed by atoms with Crippen molar-refractivity contribution in [3.05, 3.63) is 295 Å². The topological polar surface area (TPSA) is 3.24 Å². The molecule has 69 heavy (non-hydrogen) atoms. The summed E-state index contributed by atoms with van der Waals surface area (Å²) in [7, 11) is 0. The molecule has 13 rings (SSSR count). The van der Waals surface area contributed by atoms with Crippen molar-refractivity contribution in [2.45, 2.75) is 5.41 Å². The second-order valence-corrected chi connectivity index (χ2v) is 19.0. The highest BCUT2D eigenvalue weighted by Gasteiger charge is 2.46. The molecular formula is C67H45NS. The number of anilines is 3. The average Bonchev–Trinajstić information content (AvgIpc) is 3.95. The fourth-order valence-electron chi connectivity index (χ4n) is 11.1. The maximum absolute atomic E-state index is 2.50. The minimum absolute atomic E-state index is 0.554. The molecule has 1 nitrogen and oxygen atoms in total. The van der Waals surface area contributed by atoms with Crippen LogP contribution in [0.15, 0.2) is 273 Å². The Bertz CT molecular complexity index is 3780. The normalized spacial score (nSPS) is 12.5. The van der Waals surface area contributed by atoms with E-state index in [9.17, 15) is 0 Å². The Labute approximate surface area is 407 Å². The van der Waals surface area contributed by atoms with Crippen molar-refractivity contribution in [2.24, 2.45) is 0 Å². The number of fused-ring (bicyclic) bond motifs is 6. The Kier molecular flexibility index (Phi) is 10.00. The standard InChI is InChI=1S/C67H45NS/c1-5-19-46(20-6-1)48-35-38-54(39-36-48)68(55-40-42-58-57-29-13-15-32-61(57)67(62(58)45-55,52-25-9-3-10-26-52)53-27-11-4-12-28-53)63-33-18-31-56(50-37-41-60-59-30-14-16-34-64(59)69-65(60)44-50)66(63)51-24-17-23-49(43-51)47-21-7-2-8-22-47/h1-45H. The Morgan fingerprint density at radius 1 is 0.290 bits per heavy atom. The molecule has 12 aromatic rings. The van der Waals surface area contributed by atoms with Crippen molar-refractivity contribution in [3.8, 4) is 55.6 Å². The summed E-state index contributed by atoms with van der Waals surface area (Å²) in [5.74, 6) is 0. The van der Waals surface area contributed by atoms with E-state index in [1.807, 2.05) is 11.3 Å². The van der Waals surface area contributed by atoms with Crippen molar-refractivity contribution < 1.29 is 0 Å². The van der Waals surface area contributed by atoms with Gasteiger partial charge in [0, 0.05) is 37.1 Å². The summed E-state index contributed by atoms with van der Waals surface area (Å²) in [6.45, 7) is 0. The molecule has 0 unspecified atom stereocenters. The highest BCUT2D eigenvalue weighted by atomic mass is 32.1. The summed E-state index contributed by atoms with van der Waals surface area (Å²) < 4.78 is 2.59. The molecule has 324 valence electrons. The minimum atomic E-state index is -0.554. The summed E-state index contributed by atoms with van der Waals surface area (Å²) in [5.41, 5.74) is 19.7. The third kappa shape index (κ3) is 6.83. The SMILES string of the molecule is c1ccc(-c2ccc(N(c3ccc4c(c3)C(c3ccccc3)(c3ccccc3)c3ccccc3-4)c3cccc(-c4ccc5c(c4)sc4ccccc45)c3-c3cccc(-c4ccccc4)c3)cc2)cc1. The van der Waals surface area contributed by atoms with Gasteiger partial charge in [0.1, 0.15) is 0 Å². The molecule has 2 heteroatoms. The van der Waals surface area contributed by atoms with Crippen LogP contribution in [0.4, 0.5) is 17.1 Å². The Balaban J connectivity index is 1.09. The van der Waals surface area contributed by atoms with Crippen molar-refractivity contribution in [2.75, 3.05) is 4.90 Å². The molecule has 0 aliphatic heterocycles. The molecule has 1 heterocycles. The predicted octanol–water partition coefficient (Wildman–Crippen LogP) is 18.6. The van der Waals surface area contributed by atoms with Crippen LogP contribution in [0.3, 0.4) is 0 Å². The number of nitrogens with zero attached hydrogens (tertiary/aromatic N) is 1. The Morgan fingerprint density at radius 2 is 0.812 bits per heavy atom. The molecular weight excluding hydrogens is 851 g/mol. The maximum Gasteiger partial charge on any atom is 0.0714 e. The minimum Gasteiger partial charge on any atom is -0.310 e. The van der Waals surface area contributed by atoms with Crippen LogP contribution in [-0.4, -0.2) is 0 Å². The van der Waals surface area contributed by atoms with Gasteiger partial charge in [-0.1, -0.05) is 224 Å². The molecule has 1 aliphatic carbocycles. The van der Waals surface area contributed by atoms with Crippen LogP contribution in [-0.2, 0) is 5.41 Å². The Hall–Kier alpha value is -8.56. The predicted molar refractivity (Wildman–Crippen MR) is 293 cm³/mol. The van der Waals surface area contributed by atoms with Gasteiger partial charge in [0.2, 0.25) is 0 Å². The number of rotatable bonds is 9. The van der Waals surface area contributed by atoms with E-state index in [1.165, 1.54) is 92.5 Å². The van der Waals surface area contributed by atoms with Crippen molar-refractivity contribution in [3.63, 3.8) is 0 Å². The second kappa shape index (κ2) is 16.9. The van der Waals surface area contributed by atoms with Gasteiger partial charge in [0.25, 0.3) is 0 Å². The van der Waals surface area contributed by atoms with E-state index in [1.54, 1.807) is 0 Å². The van der Waals surface area contributed by atoms with Gasteiger partial charge in [-0.15, -0.1) is 11.3 Å². The first kappa shape index (κ1) is 40.7. The molecule has 0 amide bonds. The summed E-state index contributed by atoms with van der Waals surface area (Å²) >= 11 is 1.87. The van der Waals surface area contributed by atoms with Crippen LogP contribution in [0.5, 0.6) is 0 Å². The van der Waals surface area contributed by atoms with Gasteiger partial charge in [0.05, 0.1) is 11.1 Å². The summed E-state index contributed by atoms with van der Waals surface area (Å²) in [4.78, 5) is 2.50. The molecule has 0 saturated heterocycles. The molecule has 0 fully saturated rings. The van der Waals surface area contributed by atoms with Crippen LogP contribution in [0.25, 0.3) is 75.8 Å². The first-order chi connectivity index (χ1) is 34.2. The molecule has 0 spiro atoms. The van der Waals surface area contributed by atoms with Crippen LogP contribution in [0.1, 0.15) is 22.3 Å². The monoisotopic (exact) mass is 895 g/mol. The smallest absolute Gasteiger partial charge is 0.0714 e. The molecule has 1 aromatic heterocycles. The van der Waals surface area contributed by atoms with Gasteiger partial charge in [0.15, 0.2) is 0 Å². The molecule has 0 radical (unpaired) electrons. The molecule has 1 aliphatic rings. The van der Waals surface area contributed by atoms with E-state index in [0.717, 1.165) is 22.6 Å². The molecule has 0 bridgehead atoms. The van der Waals surface area contributed by atoms with Crippen LogP contribution in [0, 0.1) is 0 Å². The van der Waals surface area contributed by atoms with Crippen LogP contribution < -0.4 is 4.90 Å². The lowest BCUT2D eigenvalue weighted by Gasteiger charge is -2.35. The molecule has 0 atom stereocenters. The molecule has 0 N–H and O–H groups in total. The van der Waals surface area contributed by atoms with Gasteiger partial charge in [-0.2, -0.15) is 0 Å². The van der Waals surface area contributed by atoms with Gasteiger partial charge in [-0.05, 0) is 121 Å². The summed E-state index contributed by atoms with van der Waals surface area (Å²) in [5, 5.41) is 2.60. The fraction of sp³-hybridized carbons (Fsp3) is 0.0149. The zero-order valence-corrected chi connectivity index (χ0v) is 38.7.